The van der Waals surface area contributed by atoms with E-state index in [1.807, 2.05) is 29.7 Å². The molecule has 0 unspecified atom stereocenters. The van der Waals surface area contributed by atoms with Crippen molar-refractivity contribution in [2.75, 3.05) is 5.75 Å². The lowest BCUT2D eigenvalue weighted by atomic mass is 10.0. The lowest BCUT2D eigenvalue weighted by molar-refractivity contribution is 0.278. The van der Waals surface area contributed by atoms with Crippen molar-refractivity contribution in [2.24, 2.45) is 7.05 Å². The first-order valence-corrected chi connectivity index (χ1v) is 6.55. The lowest BCUT2D eigenvalue weighted by Gasteiger charge is -2.17. The summed E-state index contributed by atoms with van der Waals surface area (Å²) in [5.74, 6) is 1.22. The maximum atomic E-state index is 5.84. The minimum Gasteiger partial charge on any atom is -0.348 e. The maximum absolute atomic E-state index is 5.84. The molecule has 1 aromatic rings. The standard InChI is InChI=1S/C9H11BrN2OS/c1-12-7(6(10)5-11-12)9-3-2-4-14-8(9)13-9/h5,8H,2-4H2,1H3/t8-,9-/m0/s1. The zero-order valence-corrected chi connectivity index (χ0v) is 10.3. The van der Waals surface area contributed by atoms with Gasteiger partial charge in [0.05, 0.1) is 16.4 Å². The van der Waals surface area contributed by atoms with Crippen LogP contribution in [0, 0.1) is 0 Å². The van der Waals surface area contributed by atoms with Crippen molar-refractivity contribution in [2.45, 2.75) is 23.9 Å². The van der Waals surface area contributed by atoms with Crippen molar-refractivity contribution >= 4 is 27.7 Å². The molecule has 0 saturated carbocycles. The third kappa shape index (κ3) is 1.12. The number of nitrogens with zero attached hydrogens (tertiary/aromatic N) is 2. The summed E-state index contributed by atoms with van der Waals surface area (Å²) in [6, 6.07) is 0. The molecule has 14 heavy (non-hydrogen) atoms. The molecule has 0 aromatic carbocycles. The number of aryl methyl sites for hydroxylation is 1. The average molecular weight is 275 g/mol. The number of ether oxygens (including phenoxy) is 1. The first kappa shape index (κ1) is 9.24. The normalized spacial score (nSPS) is 35.4. The molecule has 0 radical (unpaired) electrons. The van der Waals surface area contributed by atoms with E-state index >= 15 is 0 Å². The van der Waals surface area contributed by atoms with Crippen LogP contribution in [0.1, 0.15) is 18.5 Å². The Kier molecular flexibility index (Phi) is 1.98. The Bertz CT molecular complexity index is 361. The highest BCUT2D eigenvalue weighted by atomic mass is 79.9. The fraction of sp³-hybridized carbons (Fsp3) is 0.667. The van der Waals surface area contributed by atoms with Gasteiger partial charge in [-0.05, 0) is 34.5 Å². The van der Waals surface area contributed by atoms with Crippen LogP contribution in [0.2, 0.25) is 0 Å². The summed E-state index contributed by atoms with van der Waals surface area (Å²) in [5.41, 5.74) is 1.53. The number of fused-ring (bicyclic) bond motifs is 1. The van der Waals surface area contributed by atoms with Gasteiger partial charge >= 0.3 is 0 Å². The highest BCUT2D eigenvalue weighted by Crippen LogP contribution is 2.59. The Balaban J connectivity index is 2.03. The fourth-order valence-corrected chi connectivity index (χ4v) is 4.15. The second kappa shape index (κ2) is 3.00. The van der Waals surface area contributed by atoms with Crippen LogP contribution in [0.15, 0.2) is 10.7 Å². The minimum absolute atomic E-state index is 0.0347. The molecule has 3 rings (SSSR count). The van der Waals surface area contributed by atoms with Crippen LogP contribution < -0.4 is 0 Å². The SMILES string of the molecule is Cn1ncc(Br)c1[C@@]12CCCS[C@@H]1O2. The van der Waals surface area contributed by atoms with Gasteiger partial charge < -0.3 is 4.74 Å². The molecule has 0 spiro atoms. The van der Waals surface area contributed by atoms with Crippen molar-refractivity contribution in [1.29, 1.82) is 0 Å². The summed E-state index contributed by atoms with van der Waals surface area (Å²) in [4.78, 5) is 0. The second-order valence-corrected chi connectivity index (χ2v) is 5.80. The maximum Gasteiger partial charge on any atom is 0.148 e. The number of thioether (sulfide) groups is 1. The molecule has 0 N–H and O–H groups in total. The fourth-order valence-electron chi connectivity index (χ4n) is 2.20. The van der Waals surface area contributed by atoms with Gasteiger partial charge in [0.1, 0.15) is 11.0 Å². The Morgan fingerprint density at radius 1 is 1.79 bits per heavy atom. The van der Waals surface area contributed by atoms with Gasteiger partial charge in [0.2, 0.25) is 0 Å². The van der Waals surface area contributed by atoms with Crippen molar-refractivity contribution < 1.29 is 4.74 Å². The van der Waals surface area contributed by atoms with Crippen molar-refractivity contribution in [3.05, 3.63) is 16.4 Å². The average Bonchev–Trinajstić information content (AvgIpc) is 2.81. The van der Waals surface area contributed by atoms with Crippen LogP contribution in [0.4, 0.5) is 0 Å². The molecular formula is C9H11BrN2OS. The van der Waals surface area contributed by atoms with Gasteiger partial charge in [-0.2, -0.15) is 5.10 Å². The summed E-state index contributed by atoms with van der Waals surface area (Å²) in [6.07, 6.45) is 4.21. The number of epoxide rings is 1. The molecule has 2 saturated heterocycles. The largest absolute Gasteiger partial charge is 0.348 e. The quantitative estimate of drug-likeness (QED) is 0.736. The van der Waals surface area contributed by atoms with E-state index in [0.717, 1.165) is 10.9 Å². The van der Waals surface area contributed by atoms with Crippen molar-refractivity contribution in [3.8, 4) is 0 Å². The molecule has 76 valence electrons. The molecule has 0 bridgehead atoms. The molecule has 3 nitrogen and oxygen atoms in total. The number of aromatic nitrogens is 2. The van der Waals surface area contributed by atoms with Crippen LogP contribution in [0.25, 0.3) is 0 Å². The van der Waals surface area contributed by atoms with E-state index in [-0.39, 0.29) is 5.60 Å². The highest BCUT2D eigenvalue weighted by Gasteiger charge is 2.61. The molecule has 2 atom stereocenters. The first-order valence-electron chi connectivity index (χ1n) is 4.71. The van der Waals surface area contributed by atoms with E-state index in [1.165, 1.54) is 17.9 Å². The second-order valence-electron chi connectivity index (χ2n) is 3.78. The number of hydrogen-bond donors (Lipinski definition) is 0. The van der Waals surface area contributed by atoms with Crippen LogP contribution in [-0.4, -0.2) is 21.0 Å². The summed E-state index contributed by atoms with van der Waals surface area (Å²) < 4.78 is 8.84. The predicted molar refractivity (Wildman–Crippen MR) is 59.2 cm³/mol. The summed E-state index contributed by atoms with van der Waals surface area (Å²) in [5, 5.41) is 4.24. The molecule has 2 aliphatic rings. The summed E-state index contributed by atoms with van der Waals surface area (Å²) in [6.45, 7) is 0. The number of hydrogen-bond acceptors (Lipinski definition) is 3. The Morgan fingerprint density at radius 2 is 2.64 bits per heavy atom. The van der Waals surface area contributed by atoms with Crippen LogP contribution >= 0.6 is 27.7 Å². The van der Waals surface area contributed by atoms with Crippen LogP contribution in [-0.2, 0) is 17.4 Å². The minimum atomic E-state index is -0.0347. The van der Waals surface area contributed by atoms with Gasteiger partial charge in [-0.1, -0.05) is 0 Å². The van der Waals surface area contributed by atoms with Crippen LogP contribution in [0.3, 0.4) is 0 Å². The first-order chi connectivity index (χ1) is 6.74. The van der Waals surface area contributed by atoms with Crippen molar-refractivity contribution in [1.82, 2.24) is 9.78 Å². The van der Waals surface area contributed by atoms with E-state index < -0.39 is 0 Å². The molecule has 0 amide bonds. The van der Waals surface area contributed by atoms with Crippen molar-refractivity contribution in [3.63, 3.8) is 0 Å². The third-order valence-electron chi connectivity index (χ3n) is 2.90. The predicted octanol–water partition coefficient (Wildman–Crippen LogP) is 2.26. The van der Waals surface area contributed by atoms with E-state index in [1.54, 1.807) is 0 Å². The van der Waals surface area contributed by atoms with Gasteiger partial charge in [-0.25, -0.2) is 0 Å². The summed E-state index contributed by atoms with van der Waals surface area (Å²) in [7, 11) is 1.98. The zero-order chi connectivity index (χ0) is 9.76. The van der Waals surface area contributed by atoms with E-state index in [9.17, 15) is 0 Å². The lowest BCUT2D eigenvalue weighted by Crippen LogP contribution is -2.20. The third-order valence-corrected chi connectivity index (χ3v) is 4.78. The smallest absolute Gasteiger partial charge is 0.148 e. The number of rotatable bonds is 1. The van der Waals surface area contributed by atoms with E-state index in [0.29, 0.717) is 5.44 Å². The molecule has 3 heterocycles. The number of halogens is 1. The van der Waals surface area contributed by atoms with Gasteiger partial charge in [0.15, 0.2) is 0 Å². The molecule has 2 fully saturated rings. The summed E-state index contributed by atoms with van der Waals surface area (Å²) >= 11 is 5.46. The van der Waals surface area contributed by atoms with Gasteiger partial charge in [0, 0.05) is 7.05 Å². The van der Waals surface area contributed by atoms with Gasteiger partial charge in [-0.15, -0.1) is 11.8 Å². The highest BCUT2D eigenvalue weighted by molar-refractivity contribution is 9.10. The van der Waals surface area contributed by atoms with Crippen LogP contribution in [0.5, 0.6) is 0 Å². The van der Waals surface area contributed by atoms with E-state index in [2.05, 4.69) is 21.0 Å². The van der Waals surface area contributed by atoms with Gasteiger partial charge in [-0.3, -0.25) is 4.68 Å². The van der Waals surface area contributed by atoms with Gasteiger partial charge in [0.25, 0.3) is 0 Å². The zero-order valence-electron chi connectivity index (χ0n) is 7.86. The molecule has 0 aliphatic carbocycles. The van der Waals surface area contributed by atoms with E-state index in [4.69, 9.17) is 4.74 Å². The molecule has 5 heteroatoms. The molecule has 1 aromatic heterocycles. The monoisotopic (exact) mass is 274 g/mol. The topological polar surface area (TPSA) is 30.4 Å². The Hall–Kier alpha value is -0.0000000000000000763. The Morgan fingerprint density at radius 3 is 3.29 bits per heavy atom. The molecule has 2 aliphatic heterocycles. The Labute approximate surface area is 95.3 Å². The molecular weight excluding hydrogens is 264 g/mol.